The molecular formula is C14H18N2O4S. The minimum Gasteiger partial charge on any atom is -0.480 e. The van der Waals surface area contributed by atoms with Gasteiger partial charge in [0.15, 0.2) is 0 Å². The van der Waals surface area contributed by atoms with Gasteiger partial charge in [-0.1, -0.05) is 6.92 Å². The molecule has 0 radical (unpaired) electrons. The maximum Gasteiger partial charge on any atom is 0.326 e. The van der Waals surface area contributed by atoms with Crippen molar-refractivity contribution >= 4 is 29.1 Å². The number of hydrogen-bond acceptors (Lipinski definition) is 4. The van der Waals surface area contributed by atoms with Crippen LogP contribution in [0.25, 0.3) is 0 Å². The van der Waals surface area contributed by atoms with Crippen molar-refractivity contribution in [1.29, 1.82) is 0 Å². The molecule has 1 unspecified atom stereocenters. The number of carbonyl (C=O) groups is 3. The summed E-state index contributed by atoms with van der Waals surface area (Å²) in [4.78, 5) is 35.3. The molecule has 4 N–H and O–H groups in total. The number of nitrogens with two attached hydrogens (primary N) is 1. The van der Waals surface area contributed by atoms with Crippen LogP contribution in [0.15, 0.2) is 5.38 Å². The Hall–Kier alpha value is -1.89. The molecule has 0 saturated heterocycles. The van der Waals surface area contributed by atoms with Crippen LogP contribution in [0.3, 0.4) is 0 Å². The van der Waals surface area contributed by atoms with Gasteiger partial charge in [-0.15, -0.1) is 11.3 Å². The summed E-state index contributed by atoms with van der Waals surface area (Å²) in [5, 5.41) is 13.2. The van der Waals surface area contributed by atoms with Crippen molar-refractivity contribution in [2.24, 2.45) is 11.7 Å². The number of hydrogen-bond donors (Lipinski definition) is 3. The van der Waals surface area contributed by atoms with Crippen molar-refractivity contribution in [1.82, 2.24) is 5.32 Å². The molecule has 0 saturated carbocycles. The number of carboxylic acid groups (broad SMARTS) is 1. The number of primary amides is 1. The molecule has 0 spiro atoms. The minimum atomic E-state index is -1.28. The summed E-state index contributed by atoms with van der Waals surface area (Å²) in [6.45, 7) is 2.18. The highest BCUT2D eigenvalue weighted by Crippen LogP contribution is 2.32. The lowest BCUT2D eigenvalue weighted by Crippen LogP contribution is -2.43. The van der Waals surface area contributed by atoms with Gasteiger partial charge in [-0.3, -0.25) is 9.59 Å². The van der Waals surface area contributed by atoms with Crippen molar-refractivity contribution in [3.8, 4) is 0 Å². The van der Waals surface area contributed by atoms with E-state index in [4.69, 9.17) is 10.8 Å². The highest BCUT2D eigenvalue weighted by Gasteiger charge is 2.27. The van der Waals surface area contributed by atoms with Crippen LogP contribution >= 0.6 is 11.3 Å². The first-order valence-corrected chi connectivity index (χ1v) is 7.67. The monoisotopic (exact) mass is 310 g/mol. The van der Waals surface area contributed by atoms with Crippen LogP contribution in [0.1, 0.15) is 40.6 Å². The number of aliphatic carboxylic acids is 1. The average Bonchev–Trinajstić information content (AvgIpc) is 2.80. The predicted molar refractivity (Wildman–Crippen MR) is 78.2 cm³/mol. The summed E-state index contributed by atoms with van der Waals surface area (Å²) >= 11 is 1.53. The van der Waals surface area contributed by atoms with E-state index in [2.05, 4.69) is 12.2 Å². The topological polar surface area (TPSA) is 109 Å². The second-order valence-electron chi connectivity index (χ2n) is 5.43. The van der Waals surface area contributed by atoms with E-state index in [0.717, 1.165) is 24.8 Å². The quantitative estimate of drug-likeness (QED) is 0.751. The number of rotatable bonds is 5. The molecular weight excluding hydrogens is 292 g/mol. The van der Waals surface area contributed by atoms with Crippen LogP contribution < -0.4 is 11.1 Å². The van der Waals surface area contributed by atoms with Gasteiger partial charge in [0.1, 0.15) is 6.04 Å². The summed E-state index contributed by atoms with van der Waals surface area (Å²) in [6, 6.07) is -1.28. The molecule has 2 amide bonds. The van der Waals surface area contributed by atoms with Crippen molar-refractivity contribution < 1.29 is 19.5 Å². The SMILES string of the molecule is CC1CCc2c(C(=O)N[C@H](CC(N)=O)C(=O)O)csc2C1. The third-order valence-corrected chi connectivity index (χ3v) is 4.71. The third kappa shape index (κ3) is 3.60. The van der Waals surface area contributed by atoms with E-state index >= 15 is 0 Å². The molecule has 1 aliphatic rings. The lowest BCUT2D eigenvalue weighted by Gasteiger charge is -2.19. The predicted octanol–water partition coefficient (Wildman–Crippen LogP) is 0.931. The van der Waals surface area contributed by atoms with E-state index in [0.29, 0.717) is 11.5 Å². The van der Waals surface area contributed by atoms with E-state index in [9.17, 15) is 14.4 Å². The number of amides is 2. The molecule has 2 rings (SSSR count). The highest BCUT2D eigenvalue weighted by atomic mass is 32.1. The Morgan fingerprint density at radius 3 is 2.86 bits per heavy atom. The van der Waals surface area contributed by atoms with E-state index in [1.54, 1.807) is 5.38 Å². The molecule has 7 heteroatoms. The van der Waals surface area contributed by atoms with Gasteiger partial charge in [0.05, 0.1) is 12.0 Å². The largest absolute Gasteiger partial charge is 0.480 e. The van der Waals surface area contributed by atoms with Gasteiger partial charge in [-0.25, -0.2) is 4.79 Å². The fourth-order valence-electron chi connectivity index (χ4n) is 2.51. The van der Waals surface area contributed by atoms with Gasteiger partial charge in [0.2, 0.25) is 5.91 Å². The van der Waals surface area contributed by atoms with Crippen LogP contribution in [-0.2, 0) is 22.4 Å². The van der Waals surface area contributed by atoms with E-state index in [1.165, 1.54) is 16.2 Å². The Kier molecular flexibility index (Phi) is 4.62. The molecule has 6 nitrogen and oxygen atoms in total. The summed E-state index contributed by atoms with van der Waals surface area (Å²) in [5.41, 5.74) is 6.54. The first kappa shape index (κ1) is 15.5. The van der Waals surface area contributed by atoms with Crippen LogP contribution in [0.4, 0.5) is 0 Å². The van der Waals surface area contributed by atoms with Crippen molar-refractivity contribution in [3.63, 3.8) is 0 Å². The molecule has 21 heavy (non-hydrogen) atoms. The zero-order valence-corrected chi connectivity index (χ0v) is 12.5. The van der Waals surface area contributed by atoms with Gasteiger partial charge in [-0.05, 0) is 30.7 Å². The van der Waals surface area contributed by atoms with E-state index in [1.807, 2.05) is 0 Å². The summed E-state index contributed by atoms with van der Waals surface area (Å²) in [6.07, 6.45) is 2.39. The maximum atomic E-state index is 12.2. The molecule has 1 aromatic rings. The minimum absolute atomic E-state index is 0.412. The van der Waals surface area contributed by atoms with Gasteiger partial charge in [0.25, 0.3) is 5.91 Å². The van der Waals surface area contributed by atoms with Crippen LogP contribution in [0, 0.1) is 5.92 Å². The fraction of sp³-hybridized carbons (Fsp3) is 0.500. The van der Waals surface area contributed by atoms with Gasteiger partial charge < -0.3 is 16.2 Å². The molecule has 0 bridgehead atoms. The molecule has 114 valence electrons. The molecule has 0 fully saturated rings. The van der Waals surface area contributed by atoms with Crippen LogP contribution in [-0.4, -0.2) is 28.9 Å². The number of fused-ring (bicyclic) bond motifs is 1. The Morgan fingerprint density at radius 2 is 2.24 bits per heavy atom. The number of nitrogens with one attached hydrogen (secondary N) is 1. The number of thiophene rings is 1. The van der Waals surface area contributed by atoms with E-state index in [-0.39, 0.29) is 0 Å². The average molecular weight is 310 g/mol. The van der Waals surface area contributed by atoms with Crippen LogP contribution in [0.5, 0.6) is 0 Å². The van der Waals surface area contributed by atoms with Crippen molar-refractivity contribution in [2.45, 2.75) is 38.6 Å². The standard InChI is InChI=1S/C14H18N2O4S/c1-7-2-3-8-9(6-21-11(8)4-7)13(18)16-10(14(19)20)5-12(15)17/h6-7,10H,2-5H2,1H3,(H2,15,17)(H,16,18)(H,19,20)/t7?,10-/m1/s1. The van der Waals surface area contributed by atoms with Crippen molar-refractivity contribution in [2.75, 3.05) is 0 Å². The normalized spacial score (nSPS) is 18.6. The number of carbonyl (C=O) groups excluding carboxylic acids is 2. The first-order chi connectivity index (χ1) is 9.88. The second kappa shape index (κ2) is 6.26. The zero-order chi connectivity index (χ0) is 15.6. The van der Waals surface area contributed by atoms with Gasteiger partial charge >= 0.3 is 5.97 Å². The lowest BCUT2D eigenvalue weighted by atomic mass is 9.88. The number of carboxylic acids is 1. The van der Waals surface area contributed by atoms with E-state index < -0.39 is 30.2 Å². The third-order valence-electron chi connectivity index (χ3n) is 3.66. The van der Waals surface area contributed by atoms with Crippen molar-refractivity contribution in [3.05, 3.63) is 21.4 Å². The molecule has 0 aliphatic heterocycles. The zero-order valence-electron chi connectivity index (χ0n) is 11.7. The lowest BCUT2D eigenvalue weighted by molar-refractivity contribution is -0.140. The van der Waals surface area contributed by atoms with Gasteiger partial charge in [0, 0.05) is 10.3 Å². The second-order valence-corrected chi connectivity index (χ2v) is 6.40. The summed E-state index contributed by atoms with van der Waals surface area (Å²) in [7, 11) is 0. The summed E-state index contributed by atoms with van der Waals surface area (Å²) in [5.74, 6) is -1.87. The Labute approximate surface area is 126 Å². The Bertz CT molecular complexity index is 582. The molecule has 1 aromatic heterocycles. The smallest absolute Gasteiger partial charge is 0.326 e. The van der Waals surface area contributed by atoms with Gasteiger partial charge in [-0.2, -0.15) is 0 Å². The molecule has 0 aromatic carbocycles. The maximum absolute atomic E-state index is 12.2. The molecule has 1 aliphatic carbocycles. The Morgan fingerprint density at radius 1 is 1.52 bits per heavy atom. The summed E-state index contributed by atoms with van der Waals surface area (Å²) < 4.78 is 0. The fourth-order valence-corrected chi connectivity index (χ4v) is 3.75. The Balaban J connectivity index is 2.13. The van der Waals surface area contributed by atoms with Crippen LogP contribution in [0.2, 0.25) is 0 Å². The first-order valence-electron chi connectivity index (χ1n) is 6.79. The molecule has 2 atom stereocenters. The highest BCUT2D eigenvalue weighted by molar-refractivity contribution is 7.10. The molecule has 1 heterocycles.